The fourth-order valence-electron chi connectivity index (χ4n) is 2.11. The summed E-state index contributed by atoms with van der Waals surface area (Å²) in [5, 5.41) is 11.2. The molecule has 0 radical (unpaired) electrons. The van der Waals surface area contributed by atoms with Crippen LogP contribution in [-0.4, -0.2) is 41.6 Å². The van der Waals surface area contributed by atoms with Crippen molar-refractivity contribution < 1.29 is 24.2 Å². The third-order valence-corrected chi connectivity index (χ3v) is 3.07. The number of nitrogens with zero attached hydrogens (tertiary/aromatic N) is 1. The number of imide groups is 1. The number of benzene rings is 1. The number of aliphatic carboxylic acids is 1. The summed E-state index contributed by atoms with van der Waals surface area (Å²) in [6, 6.07) is 3.54. The van der Waals surface area contributed by atoms with Crippen molar-refractivity contribution in [3.05, 3.63) is 29.3 Å². The van der Waals surface area contributed by atoms with Crippen LogP contribution in [0.1, 0.15) is 17.2 Å². The Morgan fingerprint density at radius 1 is 1.45 bits per heavy atom. The highest BCUT2D eigenvalue weighted by Gasteiger charge is 2.39. The van der Waals surface area contributed by atoms with Crippen LogP contribution in [0.2, 0.25) is 0 Å². The Balaban J connectivity index is 2.26. The zero-order chi connectivity index (χ0) is 14.9. The van der Waals surface area contributed by atoms with Crippen LogP contribution in [0.3, 0.4) is 0 Å². The van der Waals surface area contributed by atoms with Gasteiger partial charge in [0.05, 0.1) is 7.11 Å². The predicted molar refractivity (Wildman–Crippen MR) is 68.4 cm³/mol. The second-order valence-electron chi connectivity index (χ2n) is 4.43. The molecule has 0 aromatic heterocycles. The second-order valence-corrected chi connectivity index (χ2v) is 4.43. The third-order valence-electron chi connectivity index (χ3n) is 3.07. The fourth-order valence-corrected chi connectivity index (χ4v) is 2.11. The Morgan fingerprint density at radius 3 is 2.70 bits per heavy atom. The summed E-state index contributed by atoms with van der Waals surface area (Å²) in [4.78, 5) is 35.0. The molecular weight excluding hydrogens is 264 g/mol. The van der Waals surface area contributed by atoms with E-state index in [9.17, 15) is 14.4 Å². The molecule has 1 aliphatic heterocycles. The average molecular weight is 278 g/mol. The van der Waals surface area contributed by atoms with Gasteiger partial charge >= 0.3 is 12.0 Å². The van der Waals surface area contributed by atoms with Crippen LogP contribution in [0.4, 0.5) is 4.79 Å². The summed E-state index contributed by atoms with van der Waals surface area (Å²) in [7, 11) is 1.54. The largest absolute Gasteiger partial charge is 0.496 e. The number of aryl methyl sites for hydroxylation is 1. The smallest absolute Gasteiger partial charge is 0.325 e. The summed E-state index contributed by atoms with van der Waals surface area (Å²) in [6.07, 6.45) is 0. The maximum atomic E-state index is 12.1. The number of carbonyl (C=O) groups is 3. The Morgan fingerprint density at radius 2 is 2.15 bits per heavy atom. The van der Waals surface area contributed by atoms with E-state index in [0.717, 1.165) is 5.56 Å². The highest BCUT2D eigenvalue weighted by Crippen LogP contribution is 2.26. The van der Waals surface area contributed by atoms with Gasteiger partial charge in [0.2, 0.25) is 0 Å². The maximum Gasteiger partial charge on any atom is 0.325 e. The molecule has 1 unspecified atom stereocenters. The first kappa shape index (κ1) is 13.9. The van der Waals surface area contributed by atoms with Gasteiger partial charge in [0.15, 0.2) is 0 Å². The minimum atomic E-state index is -1.24. The molecule has 20 heavy (non-hydrogen) atoms. The van der Waals surface area contributed by atoms with Crippen LogP contribution in [0.15, 0.2) is 18.2 Å². The van der Waals surface area contributed by atoms with E-state index in [1.807, 2.05) is 6.92 Å². The quantitative estimate of drug-likeness (QED) is 0.790. The number of ether oxygens (including phenoxy) is 1. The summed E-state index contributed by atoms with van der Waals surface area (Å²) in [6.45, 7) is 1.18. The van der Waals surface area contributed by atoms with E-state index in [4.69, 9.17) is 9.84 Å². The van der Waals surface area contributed by atoms with Gasteiger partial charge in [-0.25, -0.2) is 4.79 Å². The lowest BCUT2D eigenvalue weighted by Crippen LogP contribution is -2.35. The van der Waals surface area contributed by atoms with Gasteiger partial charge in [0, 0.05) is 0 Å². The van der Waals surface area contributed by atoms with E-state index in [1.165, 1.54) is 0 Å². The predicted octanol–water partition coefficient (Wildman–Crippen LogP) is 0.681. The van der Waals surface area contributed by atoms with E-state index in [1.54, 1.807) is 25.3 Å². The Bertz CT molecular complexity index is 584. The Hall–Kier alpha value is -2.57. The molecule has 3 amide bonds. The first-order valence-electron chi connectivity index (χ1n) is 5.92. The van der Waals surface area contributed by atoms with Crippen LogP contribution < -0.4 is 10.1 Å². The van der Waals surface area contributed by atoms with Crippen molar-refractivity contribution in [2.75, 3.05) is 13.7 Å². The summed E-state index contributed by atoms with van der Waals surface area (Å²) >= 11 is 0. The lowest BCUT2D eigenvalue weighted by molar-refractivity contribution is -0.141. The van der Waals surface area contributed by atoms with Crippen molar-refractivity contribution in [2.24, 2.45) is 0 Å². The van der Waals surface area contributed by atoms with Crippen LogP contribution in [0.5, 0.6) is 5.75 Å². The molecule has 7 nitrogen and oxygen atoms in total. The van der Waals surface area contributed by atoms with Gasteiger partial charge in [-0.15, -0.1) is 0 Å². The molecule has 2 rings (SSSR count). The van der Waals surface area contributed by atoms with E-state index in [2.05, 4.69) is 5.32 Å². The number of carbonyl (C=O) groups excluding carboxylic acids is 2. The minimum absolute atomic E-state index is 0.568. The topological polar surface area (TPSA) is 95.9 Å². The zero-order valence-corrected chi connectivity index (χ0v) is 11.0. The van der Waals surface area contributed by atoms with E-state index < -0.39 is 30.5 Å². The number of carboxylic acid groups (broad SMARTS) is 1. The molecule has 0 spiro atoms. The molecule has 106 valence electrons. The van der Waals surface area contributed by atoms with Crippen molar-refractivity contribution in [1.82, 2.24) is 10.2 Å². The monoisotopic (exact) mass is 278 g/mol. The summed E-state index contributed by atoms with van der Waals surface area (Å²) in [5.41, 5.74) is 1.42. The molecule has 1 aromatic carbocycles. The molecule has 1 heterocycles. The molecule has 1 fully saturated rings. The highest BCUT2D eigenvalue weighted by molar-refractivity contribution is 6.06. The molecule has 0 saturated carbocycles. The van der Waals surface area contributed by atoms with Gasteiger partial charge in [0.25, 0.3) is 5.91 Å². The molecule has 1 atom stereocenters. The second kappa shape index (κ2) is 5.20. The number of hydrogen-bond donors (Lipinski definition) is 2. The van der Waals surface area contributed by atoms with Crippen molar-refractivity contribution in [2.45, 2.75) is 13.0 Å². The Kier molecular flexibility index (Phi) is 3.60. The van der Waals surface area contributed by atoms with Crippen molar-refractivity contribution in [3.63, 3.8) is 0 Å². The molecular formula is C13H14N2O5. The normalized spacial score (nSPS) is 18.1. The zero-order valence-electron chi connectivity index (χ0n) is 11.0. The van der Waals surface area contributed by atoms with Crippen LogP contribution in [0.25, 0.3) is 0 Å². The minimum Gasteiger partial charge on any atom is -0.496 e. The van der Waals surface area contributed by atoms with Crippen LogP contribution in [-0.2, 0) is 9.59 Å². The number of rotatable bonds is 4. The first-order chi connectivity index (χ1) is 9.43. The Labute approximate surface area is 115 Å². The first-order valence-corrected chi connectivity index (χ1v) is 5.92. The van der Waals surface area contributed by atoms with Gasteiger partial charge in [-0.2, -0.15) is 0 Å². The molecule has 0 bridgehead atoms. The van der Waals surface area contributed by atoms with Crippen molar-refractivity contribution in [3.8, 4) is 5.75 Å². The lowest BCUT2D eigenvalue weighted by Gasteiger charge is -2.12. The van der Waals surface area contributed by atoms with E-state index >= 15 is 0 Å². The third kappa shape index (κ3) is 2.42. The highest BCUT2D eigenvalue weighted by atomic mass is 16.5. The van der Waals surface area contributed by atoms with Crippen molar-refractivity contribution in [1.29, 1.82) is 0 Å². The number of carboxylic acids is 1. The number of methoxy groups -OCH3 is 1. The van der Waals surface area contributed by atoms with Crippen LogP contribution in [0, 0.1) is 6.92 Å². The molecule has 1 aromatic rings. The SMILES string of the molecule is COc1ccc(C2NC(=O)N(CC(=O)O)C2=O)cc1C. The van der Waals surface area contributed by atoms with Gasteiger partial charge in [-0.05, 0) is 30.2 Å². The molecule has 0 aliphatic carbocycles. The van der Waals surface area contributed by atoms with Gasteiger partial charge in [-0.3, -0.25) is 14.5 Å². The van der Waals surface area contributed by atoms with Gasteiger partial charge in [0.1, 0.15) is 18.3 Å². The lowest BCUT2D eigenvalue weighted by atomic mass is 10.0. The molecule has 1 aliphatic rings. The standard InChI is InChI=1S/C13H14N2O5/c1-7-5-8(3-4-9(7)20-2)11-12(18)15(6-10(16)17)13(19)14-11/h3-5,11H,6H2,1-2H3,(H,14,19)(H,16,17). The number of amides is 3. The number of nitrogens with one attached hydrogen (secondary N) is 1. The number of urea groups is 1. The van der Waals surface area contributed by atoms with Gasteiger partial charge in [-0.1, -0.05) is 6.07 Å². The summed E-state index contributed by atoms with van der Waals surface area (Å²) in [5.74, 6) is -1.13. The molecule has 1 saturated heterocycles. The molecule has 2 N–H and O–H groups in total. The molecule has 7 heteroatoms. The number of hydrogen-bond acceptors (Lipinski definition) is 4. The van der Waals surface area contributed by atoms with Gasteiger partial charge < -0.3 is 15.2 Å². The maximum absolute atomic E-state index is 12.1. The van der Waals surface area contributed by atoms with E-state index in [-0.39, 0.29) is 0 Å². The van der Waals surface area contributed by atoms with Crippen LogP contribution >= 0.6 is 0 Å². The van der Waals surface area contributed by atoms with Crippen molar-refractivity contribution >= 4 is 17.9 Å². The summed E-state index contributed by atoms with van der Waals surface area (Å²) < 4.78 is 5.12. The van der Waals surface area contributed by atoms with E-state index in [0.29, 0.717) is 16.2 Å². The average Bonchev–Trinajstić information content (AvgIpc) is 2.66. The fraction of sp³-hybridized carbons (Fsp3) is 0.308.